The van der Waals surface area contributed by atoms with Crippen LogP contribution in [0.25, 0.3) is 0 Å². The van der Waals surface area contributed by atoms with E-state index >= 15 is 0 Å². The Hall–Kier alpha value is 0.397. The highest BCUT2D eigenvalue weighted by molar-refractivity contribution is 9.11. The number of hydrogen-bond acceptors (Lipinski definition) is 1. The van der Waals surface area contributed by atoms with Gasteiger partial charge in [-0.25, -0.2) is 0 Å². The zero-order valence-electron chi connectivity index (χ0n) is 10.8. The van der Waals surface area contributed by atoms with E-state index in [1.165, 1.54) is 32.2 Å². The average molecular weight is 292 g/mol. The lowest BCUT2D eigenvalue weighted by molar-refractivity contribution is 0.439. The second kappa shape index (κ2) is 7.63. The lowest BCUT2D eigenvalue weighted by atomic mass is 10.2. The molecule has 0 aromatic carbocycles. The first-order valence-corrected chi connectivity index (χ1v) is 10.2. The summed E-state index contributed by atoms with van der Waals surface area (Å²) in [6.07, 6.45) is 5.39. The summed E-state index contributed by atoms with van der Waals surface area (Å²) < 4.78 is 3.74. The van der Waals surface area contributed by atoms with Gasteiger partial charge in [-0.3, -0.25) is 0 Å². The van der Waals surface area contributed by atoms with E-state index in [0.29, 0.717) is 0 Å². The summed E-state index contributed by atoms with van der Waals surface area (Å²) in [5.41, 5.74) is 0. The molecule has 0 aromatic heterocycles. The minimum Gasteiger partial charge on any atom is -0.319 e. The number of halogens is 1. The lowest BCUT2D eigenvalue weighted by Crippen LogP contribution is -2.47. The quantitative estimate of drug-likeness (QED) is 0.466. The van der Waals surface area contributed by atoms with Gasteiger partial charge in [0, 0.05) is 11.0 Å². The molecular weight excluding hydrogens is 266 g/mol. The molecule has 90 valence electrons. The van der Waals surface area contributed by atoms with Crippen molar-refractivity contribution in [3.63, 3.8) is 0 Å². The molecule has 0 aliphatic carbocycles. The Morgan fingerprint density at radius 1 is 1.20 bits per heavy atom. The summed E-state index contributed by atoms with van der Waals surface area (Å²) in [5.74, 6) is 0. The SMILES string of the molecule is C=C(Br)CN(CCCCCC)[Si](C)(C)C. The number of hydrogen-bond donors (Lipinski definition) is 0. The maximum Gasteiger partial charge on any atom is 0.119 e. The van der Waals surface area contributed by atoms with Gasteiger partial charge in [0.15, 0.2) is 0 Å². The Bertz CT molecular complexity index is 187. The second-order valence-electron chi connectivity index (χ2n) is 5.17. The maximum absolute atomic E-state index is 3.95. The molecule has 0 radical (unpaired) electrons. The van der Waals surface area contributed by atoms with Gasteiger partial charge in [-0.2, -0.15) is 0 Å². The first-order valence-electron chi connectivity index (χ1n) is 5.96. The lowest BCUT2D eigenvalue weighted by Gasteiger charge is -2.34. The van der Waals surface area contributed by atoms with Crippen LogP contribution in [0.5, 0.6) is 0 Å². The van der Waals surface area contributed by atoms with E-state index in [0.717, 1.165) is 11.0 Å². The van der Waals surface area contributed by atoms with Gasteiger partial charge in [-0.05, 0) is 13.0 Å². The van der Waals surface area contributed by atoms with E-state index in [9.17, 15) is 0 Å². The predicted octanol–water partition coefficient (Wildman–Crippen LogP) is 4.61. The van der Waals surface area contributed by atoms with E-state index in [2.05, 4.69) is 53.6 Å². The molecule has 0 saturated heterocycles. The molecule has 0 amide bonds. The zero-order valence-corrected chi connectivity index (χ0v) is 13.4. The first kappa shape index (κ1) is 15.4. The summed E-state index contributed by atoms with van der Waals surface area (Å²) in [5, 5.41) is 0. The van der Waals surface area contributed by atoms with Crippen molar-refractivity contribution in [1.29, 1.82) is 0 Å². The van der Waals surface area contributed by atoms with Crippen LogP contribution in [0, 0.1) is 0 Å². The van der Waals surface area contributed by atoms with Gasteiger partial charge in [-0.15, -0.1) is 0 Å². The van der Waals surface area contributed by atoms with Crippen LogP contribution in [-0.4, -0.2) is 25.9 Å². The molecule has 0 spiro atoms. The van der Waals surface area contributed by atoms with Crippen LogP contribution in [0.15, 0.2) is 11.1 Å². The molecule has 0 aliphatic rings. The van der Waals surface area contributed by atoms with Crippen molar-refractivity contribution in [2.24, 2.45) is 0 Å². The third-order valence-electron chi connectivity index (χ3n) is 2.59. The third kappa shape index (κ3) is 8.23. The molecule has 0 unspecified atom stereocenters. The average Bonchev–Trinajstić information content (AvgIpc) is 2.08. The van der Waals surface area contributed by atoms with Gasteiger partial charge in [-0.1, -0.05) is 68.3 Å². The molecule has 3 heteroatoms. The maximum atomic E-state index is 3.95. The fourth-order valence-corrected chi connectivity index (χ4v) is 3.62. The Balaban J connectivity index is 3.97. The standard InChI is InChI=1S/C12H26BrNSi/c1-6-7-8-9-10-14(11-12(2)13)15(3,4)5/h2,6-11H2,1,3-5H3. The van der Waals surface area contributed by atoms with Crippen molar-refractivity contribution in [1.82, 2.24) is 4.57 Å². The summed E-state index contributed by atoms with van der Waals surface area (Å²) in [6, 6.07) is 0. The Kier molecular flexibility index (Phi) is 7.84. The Morgan fingerprint density at radius 2 is 1.80 bits per heavy atom. The van der Waals surface area contributed by atoms with E-state index in [1.807, 2.05) is 0 Å². The van der Waals surface area contributed by atoms with Crippen LogP contribution in [-0.2, 0) is 0 Å². The fraction of sp³-hybridized carbons (Fsp3) is 0.833. The minimum atomic E-state index is -1.17. The monoisotopic (exact) mass is 291 g/mol. The van der Waals surface area contributed by atoms with Crippen molar-refractivity contribution in [3.05, 3.63) is 11.1 Å². The van der Waals surface area contributed by atoms with E-state index < -0.39 is 8.24 Å². The zero-order chi connectivity index (χ0) is 11.9. The van der Waals surface area contributed by atoms with Crippen molar-refractivity contribution in [2.45, 2.75) is 52.2 Å². The Labute approximate surface area is 105 Å². The molecule has 0 N–H and O–H groups in total. The Morgan fingerprint density at radius 3 is 2.20 bits per heavy atom. The van der Waals surface area contributed by atoms with Crippen LogP contribution >= 0.6 is 15.9 Å². The molecule has 0 atom stereocenters. The highest BCUT2D eigenvalue weighted by atomic mass is 79.9. The van der Waals surface area contributed by atoms with Gasteiger partial charge in [0.1, 0.15) is 8.24 Å². The summed E-state index contributed by atoms with van der Waals surface area (Å²) in [7, 11) is -1.17. The molecule has 0 heterocycles. The smallest absolute Gasteiger partial charge is 0.119 e. The van der Waals surface area contributed by atoms with Gasteiger partial charge in [0.25, 0.3) is 0 Å². The van der Waals surface area contributed by atoms with Crippen LogP contribution < -0.4 is 0 Å². The van der Waals surface area contributed by atoms with Crippen LogP contribution in [0.1, 0.15) is 32.6 Å². The molecular formula is C12H26BrNSi. The van der Waals surface area contributed by atoms with Crippen molar-refractivity contribution < 1.29 is 0 Å². The largest absolute Gasteiger partial charge is 0.319 e. The number of rotatable bonds is 8. The molecule has 0 fully saturated rings. The third-order valence-corrected chi connectivity index (χ3v) is 5.12. The molecule has 15 heavy (non-hydrogen) atoms. The molecule has 0 bridgehead atoms. The van der Waals surface area contributed by atoms with Crippen LogP contribution in [0.2, 0.25) is 19.6 Å². The normalized spacial score (nSPS) is 12.1. The molecule has 0 saturated carbocycles. The highest BCUT2D eigenvalue weighted by Crippen LogP contribution is 2.15. The number of unbranched alkanes of at least 4 members (excludes halogenated alkanes) is 3. The summed E-state index contributed by atoms with van der Waals surface area (Å²) in [4.78, 5) is 0. The van der Waals surface area contributed by atoms with E-state index in [4.69, 9.17) is 0 Å². The second-order valence-corrected chi connectivity index (χ2v) is 11.3. The van der Waals surface area contributed by atoms with Crippen LogP contribution in [0.3, 0.4) is 0 Å². The van der Waals surface area contributed by atoms with Gasteiger partial charge in [0.05, 0.1) is 0 Å². The predicted molar refractivity (Wildman–Crippen MR) is 77.1 cm³/mol. The first-order chi connectivity index (χ1) is 6.88. The van der Waals surface area contributed by atoms with E-state index in [-0.39, 0.29) is 0 Å². The van der Waals surface area contributed by atoms with Crippen molar-refractivity contribution >= 4 is 24.2 Å². The topological polar surface area (TPSA) is 3.24 Å². The van der Waals surface area contributed by atoms with Crippen molar-refractivity contribution in [2.75, 3.05) is 13.1 Å². The summed E-state index contributed by atoms with van der Waals surface area (Å²) >= 11 is 3.48. The van der Waals surface area contributed by atoms with Gasteiger partial charge >= 0.3 is 0 Å². The van der Waals surface area contributed by atoms with Gasteiger partial charge in [0.2, 0.25) is 0 Å². The van der Waals surface area contributed by atoms with Gasteiger partial charge < -0.3 is 4.57 Å². The van der Waals surface area contributed by atoms with E-state index in [1.54, 1.807) is 0 Å². The number of nitrogens with zero attached hydrogens (tertiary/aromatic N) is 1. The highest BCUT2D eigenvalue weighted by Gasteiger charge is 2.22. The molecule has 0 aliphatic heterocycles. The molecule has 0 aromatic rings. The molecule has 0 rings (SSSR count). The van der Waals surface area contributed by atoms with Crippen LogP contribution in [0.4, 0.5) is 0 Å². The van der Waals surface area contributed by atoms with Crippen molar-refractivity contribution in [3.8, 4) is 0 Å². The summed E-state index contributed by atoms with van der Waals surface area (Å²) in [6.45, 7) is 15.7. The molecule has 1 nitrogen and oxygen atoms in total. The minimum absolute atomic E-state index is 1.02. The fourth-order valence-electron chi connectivity index (χ4n) is 1.59.